The Balaban J connectivity index is 1.94. The minimum atomic E-state index is -3.55. The molecule has 21 heavy (non-hydrogen) atoms. The summed E-state index contributed by atoms with van der Waals surface area (Å²) in [5.74, 6) is 0.322. The van der Waals surface area contributed by atoms with Gasteiger partial charge in [-0.3, -0.25) is 0 Å². The molecule has 1 N–H and O–H groups in total. The van der Waals surface area contributed by atoms with Gasteiger partial charge in [-0.25, -0.2) is 8.42 Å². The third-order valence-electron chi connectivity index (χ3n) is 4.47. The van der Waals surface area contributed by atoms with E-state index in [1.165, 1.54) is 4.31 Å². The number of benzene rings is 1. The first-order valence-corrected chi connectivity index (χ1v) is 8.68. The summed E-state index contributed by atoms with van der Waals surface area (Å²) in [5, 5.41) is 12.7. The van der Waals surface area contributed by atoms with Crippen LogP contribution in [0.25, 0.3) is 0 Å². The van der Waals surface area contributed by atoms with Gasteiger partial charge in [0.1, 0.15) is 7.85 Å². The van der Waals surface area contributed by atoms with Gasteiger partial charge in [-0.15, -0.1) is 0 Å². The smallest absolute Gasteiger partial charge is 0.244 e. The lowest BCUT2D eigenvalue weighted by Gasteiger charge is -2.35. The molecule has 1 aromatic rings. The molecule has 5 nitrogen and oxygen atoms in total. The van der Waals surface area contributed by atoms with E-state index in [-0.39, 0.29) is 24.5 Å². The number of hydrogen-bond donors (Lipinski definition) is 1. The number of sulfonamides is 1. The van der Waals surface area contributed by atoms with E-state index in [1.54, 1.807) is 30.3 Å². The number of nitrogens with one attached hydrogen (secondary N) is 1. The van der Waals surface area contributed by atoms with E-state index in [2.05, 4.69) is 19.2 Å². The second-order valence-corrected chi connectivity index (χ2v) is 7.87. The Hall–Kier alpha value is -1.36. The monoisotopic (exact) mass is 303 g/mol. The molecule has 4 unspecified atom stereocenters. The summed E-state index contributed by atoms with van der Waals surface area (Å²) in [4.78, 5) is 0.294. The normalized spacial score (nSPS) is 33.3. The summed E-state index contributed by atoms with van der Waals surface area (Å²) in [6, 6.07) is 10.7. The van der Waals surface area contributed by atoms with Crippen molar-refractivity contribution in [3.63, 3.8) is 0 Å². The lowest BCUT2D eigenvalue weighted by Crippen LogP contribution is -2.51. The largest absolute Gasteiger partial charge is 0.301 e. The molecular weight excluding hydrogens is 285 g/mol. The van der Waals surface area contributed by atoms with Gasteiger partial charge in [0, 0.05) is 12.5 Å². The van der Waals surface area contributed by atoms with Crippen molar-refractivity contribution < 1.29 is 8.42 Å². The van der Waals surface area contributed by atoms with E-state index in [0.29, 0.717) is 10.7 Å². The molecule has 3 rings (SSSR count). The quantitative estimate of drug-likeness (QED) is 0.792. The van der Waals surface area contributed by atoms with Crippen molar-refractivity contribution in [3.8, 4) is 6.07 Å². The number of nitriles is 1. The van der Waals surface area contributed by atoms with Crippen LogP contribution in [0.15, 0.2) is 35.2 Å². The molecule has 2 heterocycles. The Labute approximate surface area is 126 Å². The fourth-order valence-electron chi connectivity index (χ4n) is 3.40. The van der Waals surface area contributed by atoms with E-state index in [9.17, 15) is 13.7 Å². The molecule has 2 aliphatic heterocycles. The third kappa shape index (κ3) is 2.48. The summed E-state index contributed by atoms with van der Waals surface area (Å²) in [6.07, 6.45) is 0.646. The van der Waals surface area contributed by atoms with Gasteiger partial charge in [-0.05, 0) is 25.1 Å². The molecule has 7 heteroatoms. The summed E-state index contributed by atoms with van der Waals surface area (Å²) in [7, 11) is -1.42. The van der Waals surface area contributed by atoms with Crippen molar-refractivity contribution in [2.45, 2.75) is 23.3 Å². The molecule has 2 saturated heterocycles. The molecule has 2 fully saturated rings. The highest BCUT2D eigenvalue weighted by Crippen LogP contribution is 2.39. The average molecular weight is 303 g/mol. The first-order chi connectivity index (χ1) is 10.0. The van der Waals surface area contributed by atoms with Gasteiger partial charge in [0.05, 0.1) is 23.0 Å². The zero-order valence-electron chi connectivity index (χ0n) is 11.9. The van der Waals surface area contributed by atoms with Crippen molar-refractivity contribution >= 4 is 17.9 Å². The topological polar surface area (TPSA) is 73.2 Å². The standard InChI is InChI=1S/C14H18BN3O2S/c15-11-6-13-10(7-16)9-18(14(13)17-8-11)21(19,20)12-4-2-1-3-5-12/h1-5,10-11,13-14,17H,6,8-9,15H2. The number of nitrogens with zero attached hydrogens (tertiary/aromatic N) is 2. The Morgan fingerprint density at radius 2 is 2.05 bits per heavy atom. The lowest BCUT2D eigenvalue weighted by molar-refractivity contribution is 0.227. The molecule has 0 amide bonds. The minimum Gasteiger partial charge on any atom is -0.301 e. The summed E-state index contributed by atoms with van der Waals surface area (Å²) < 4.78 is 27.1. The van der Waals surface area contributed by atoms with Gasteiger partial charge in [-0.2, -0.15) is 9.57 Å². The maximum Gasteiger partial charge on any atom is 0.244 e. The van der Waals surface area contributed by atoms with Crippen LogP contribution in [0.2, 0.25) is 5.82 Å². The first kappa shape index (κ1) is 14.6. The zero-order valence-corrected chi connectivity index (χ0v) is 12.8. The number of rotatable bonds is 2. The highest BCUT2D eigenvalue weighted by molar-refractivity contribution is 7.89. The number of piperidine rings is 1. The predicted molar refractivity (Wildman–Crippen MR) is 81.6 cm³/mol. The van der Waals surface area contributed by atoms with Crippen LogP contribution < -0.4 is 5.32 Å². The van der Waals surface area contributed by atoms with Crippen molar-refractivity contribution in [2.75, 3.05) is 13.1 Å². The van der Waals surface area contributed by atoms with Crippen LogP contribution in [-0.2, 0) is 10.0 Å². The fraction of sp³-hybridized carbons (Fsp3) is 0.500. The SMILES string of the molecule is BC1CNC2C(C1)C(C#N)CN2S(=O)(=O)c1ccccc1. The van der Waals surface area contributed by atoms with Crippen LogP contribution in [-0.4, -0.2) is 39.8 Å². The van der Waals surface area contributed by atoms with Crippen LogP contribution in [0.3, 0.4) is 0 Å². The van der Waals surface area contributed by atoms with Gasteiger partial charge in [0.2, 0.25) is 10.0 Å². The molecule has 0 aromatic heterocycles. The van der Waals surface area contributed by atoms with E-state index in [4.69, 9.17) is 0 Å². The summed E-state index contributed by atoms with van der Waals surface area (Å²) in [6.45, 7) is 1.07. The summed E-state index contributed by atoms with van der Waals surface area (Å²) in [5.41, 5.74) is 0. The van der Waals surface area contributed by atoms with Crippen LogP contribution in [0.1, 0.15) is 6.42 Å². The fourth-order valence-corrected chi connectivity index (χ4v) is 5.06. The molecule has 0 aliphatic carbocycles. The summed E-state index contributed by atoms with van der Waals surface area (Å²) >= 11 is 0. The Morgan fingerprint density at radius 1 is 1.33 bits per heavy atom. The van der Waals surface area contributed by atoms with Crippen molar-refractivity contribution in [2.24, 2.45) is 11.8 Å². The molecule has 0 bridgehead atoms. The lowest BCUT2D eigenvalue weighted by atomic mass is 9.74. The van der Waals surface area contributed by atoms with Gasteiger partial charge >= 0.3 is 0 Å². The molecule has 0 spiro atoms. The second kappa shape index (κ2) is 5.45. The van der Waals surface area contributed by atoms with Crippen LogP contribution in [0.5, 0.6) is 0 Å². The van der Waals surface area contributed by atoms with Crippen LogP contribution >= 0.6 is 0 Å². The zero-order chi connectivity index (χ0) is 15.0. The van der Waals surface area contributed by atoms with Gasteiger partial charge < -0.3 is 5.32 Å². The van der Waals surface area contributed by atoms with E-state index >= 15 is 0 Å². The molecule has 1 aromatic carbocycles. The first-order valence-electron chi connectivity index (χ1n) is 7.24. The number of hydrogen-bond acceptors (Lipinski definition) is 4. The second-order valence-electron chi connectivity index (χ2n) is 5.98. The predicted octanol–water partition coefficient (Wildman–Crippen LogP) is 0.188. The molecule has 0 radical (unpaired) electrons. The van der Waals surface area contributed by atoms with Crippen LogP contribution in [0, 0.1) is 23.2 Å². The Kier molecular flexibility index (Phi) is 3.78. The van der Waals surface area contributed by atoms with E-state index in [1.807, 2.05) is 0 Å². The molecule has 2 aliphatic rings. The maximum absolute atomic E-state index is 12.8. The highest BCUT2D eigenvalue weighted by atomic mass is 32.2. The Morgan fingerprint density at radius 3 is 2.71 bits per heavy atom. The number of fused-ring (bicyclic) bond motifs is 1. The van der Waals surface area contributed by atoms with Crippen molar-refractivity contribution in [1.82, 2.24) is 9.62 Å². The van der Waals surface area contributed by atoms with Crippen LogP contribution in [0.4, 0.5) is 0 Å². The molecular formula is C14H18BN3O2S. The van der Waals surface area contributed by atoms with E-state index in [0.717, 1.165) is 13.0 Å². The molecule has 4 atom stereocenters. The van der Waals surface area contributed by atoms with Gasteiger partial charge in [0.15, 0.2) is 0 Å². The minimum absolute atomic E-state index is 0.0808. The van der Waals surface area contributed by atoms with Gasteiger partial charge in [0.25, 0.3) is 0 Å². The average Bonchev–Trinajstić information content (AvgIpc) is 2.86. The molecule has 0 saturated carbocycles. The molecule has 110 valence electrons. The highest BCUT2D eigenvalue weighted by Gasteiger charge is 2.49. The maximum atomic E-state index is 12.8. The van der Waals surface area contributed by atoms with E-state index < -0.39 is 10.0 Å². The van der Waals surface area contributed by atoms with Gasteiger partial charge in [-0.1, -0.05) is 24.0 Å². The van der Waals surface area contributed by atoms with Crippen molar-refractivity contribution in [1.29, 1.82) is 5.26 Å². The Bertz CT molecular complexity index is 659. The van der Waals surface area contributed by atoms with Crippen molar-refractivity contribution in [3.05, 3.63) is 30.3 Å². The third-order valence-corrected chi connectivity index (χ3v) is 6.34.